The van der Waals surface area contributed by atoms with Crippen molar-refractivity contribution in [2.75, 3.05) is 0 Å². The number of carbonyl (C=O) groups excluding carboxylic acids is 1. The average Bonchev–Trinajstić information content (AvgIpc) is 3.20. The summed E-state index contributed by atoms with van der Waals surface area (Å²) in [6.45, 7) is 1.91. The fourth-order valence-electron chi connectivity index (χ4n) is 3.33. The van der Waals surface area contributed by atoms with E-state index in [0.29, 0.717) is 15.9 Å². The van der Waals surface area contributed by atoms with Crippen LogP contribution < -0.4 is 10.9 Å². The zero-order valence-electron chi connectivity index (χ0n) is 16.6. The molecule has 0 saturated carbocycles. The number of nitrogens with zero attached hydrogens (tertiary/aromatic N) is 3. The van der Waals surface area contributed by atoms with E-state index in [9.17, 15) is 9.59 Å². The lowest BCUT2D eigenvalue weighted by Gasteiger charge is -2.14. The van der Waals surface area contributed by atoms with E-state index >= 15 is 0 Å². The second kappa shape index (κ2) is 9.00. The number of hydrogen-bond acceptors (Lipinski definition) is 5. The van der Waals surface area contributed by atoms with Crippen LogP contribution in [0.4, 0.5) is 0 Å². The largest absolute Gasteiger partial charge is 0.352 e. The molecule has 4 aromatic rings. The van der Waals surface area contributed by atoms with Gasteiger partial charge in [0, 0.05) is 11.6 Å². The molecule has 152 valence electrons. The monoisotopic (exact) mass is 418 g/mol. The molecule has 4 rings (SSSR count). The fraction of sp³-hybridized carbons (Fsp3) is 0.217. The SMILES string of the molecule is C[C@H](CCc1ccccc1)NC(=O)Cn1cnc2c(-c3ccccc3)nsc2c1=O. The van der Waals surface area contributed by atoms with Gasteiger partial charge in [-0.1, -0.05) is 60.7 Å². The molecule has 0 radical (unpaired) electrons. The third-order valence-electron chi connectivity index (χ3n) is 4.93. The molecule has 7 heteroatoms. The minimum atomic E-state index is -0.244. The Hall–Kier alpha value is -3.32. The molecule has 2 aromatic heterocycles. The van der Waals surface area contributed by atoms with Crippen LogP contribution in [0.3, 0.4) is 0 Å². The lowest BCUT2D eigenvalue weighted by atomic mass is 10.1. The number of aryl methyl sites for hydroxylation is 1. The van der Waals surface area contributed by atoms with Crippen LogP contribution in [-0.4, -0.2) is 25.9 Å². The van der Waals surface area contributed by atoms with E-state index < -0.39 is 0 Å². The summed E-state index contributed by atoms with van der Waals surface area (Å²) < 4.78 is 6.21. The van der Waals surface area contributed by atoms with E-state index in [-0.39, 0.29) is 24.1 Å². The standard InChI is InChI=1S/C23H22N4O2S/c1-16(12-13-17-8-4-2-5-9-17)25-19(28)14-27-15-24-21-20(18-10-6-3-7-11-18)26-30-22(21)23(27)29/h2-11,15-16H,12-14H2,1H3,(H,25,28)/t16-/m1/s1. The van der Waals surface area contributed by atoms with E-state index in [0.717, 1.165) is 29.9 Å². The Morgan fingerprint density at radius 1 is 1.10 bits per heavy atom. The lowest BCUT2D eigenvalue weighted by molar-refractivity contribution is -0.122. The Kier molecular flexibility index (Phi) is 5.99. The molecule has 0 aliphatic heterocycles. The Bertz CT molecular complexity index is 1200. The summed E-state index contributed by atoms with van der Waals surface area (Å²) in [5.41, 5.74) is 3.18. The second-order valence-electron chi connectivity index (χ2n) is 7.25. The smallest absolute Gasteiger partial charge is 0.273 e. The molecule has 0 bridgehead atoms. The van der Waals surface area contributed by atoms with Crippen LogP contribution in [0.2, 0.25) is 0 Å². The number of benzene rings is 2. The van der Waals surface area contributed by atoms with Crippen molar-refractivity contribution in [3.8, 4) is 11.3 Å². The summed E-state index contributed by atoms with van der Waals surface area (Å²) in [4.78, 5) is 29.7. The number of fused-ring (bicyclic) bond motifs is 1. The number of nitrogens with one attached hydrogen (secondary N) is 1. The maximum atomic E-state index is 12.8. The van der Waals surface area contributed by atoms with Crippen molar-refractivity contribution in [2.45, 2.75) is 32.4 Å². The van der Waals surface area contributed by atoms with Crippen LogP contribution in [0.25, 0.3) is 21.5 Å². The first-order valence-electron chi connectivity index (χ1n) is 9.85. The predicted octanol–water partition coefficient (Wildman–Crippen LogP) is 3.66. The van der Waals surface area contributed by atoms with Crippen molar-refractivity contribution in [3.63, 3.8) is 0 Å². The molecule has 30 heavy (non-hydrogen) atoms. The van der Waals surface area contributed by atoms with Crippen LogP contribution >= 0.6 is 11.5 Å². The Morgan fingerprint density at radius 3 is 2.53 bits per heavy atom. The van der Waals surface area contributed by atoms with Gasteiger partial charge in [0.05, 0.1) is 6.33 Å². The minimum absolute atomic E-state index is 0.0122. The summed E-state index contributed by atoms with van der Waals surface area (Å²) in [5, 5.41) is 2.97. The van der Waals surface area contributed by atoms with Gasteiger partial charge in [-0.15, -0.1) is 0 Å². The first-order chi connectivity index (χ1) is 14.6. The highest BCUT2D eigenvalue weighted by atomic mass is 32.1. The molecule has 0 spiro atoms. The van der Waals surface area contributed by atoms with Crippen molar-refractivity contribution in [1.82, 2.24) is 19.2 Å². The third-order valence-corrected chi connectivity index (χ3v) is 5.75. The molecule has 0 unspecified atom stereocenters. The number of amides is 1. The van der Waals surface area contributed by atoms with Crippen LogP contribution in [0.1, 0.15) is 18.9 Å². The molecule has 2 aromatic carbocycles. The minimum Gasteiger partial charge on any atom is -0.352 e. The highest BCUT2D eigenvalue weighted by Gasteiger charge is 2.16. The number of hydrogen-bond donors (Lipinski definition) is 1. The van der Waals surface area contributed by atoms with Crippen molar-refractivity contribution < 1.29 is 4.79 Å². The van der Waals surface area contributed by atoms with E-state index in [1.165, 1.54) is 16.5 Å². The molecular formula is C23H22N4O2S. The Labute approximate surface area is 178 Å². The molecule has 1 N–H and O–H groups in total. The quantitative estimate of drug-likeness (QED) is 0.497. The Balaban J connectivity index is 1.43. The molecule has 1 amide bonds. The van der Waals surface area contributed by atoms with Gasteiger partial charge in [0.25, 0.3) is 5.56 Å². The summed E-state index contributed by atoms with van der Waals surface area (Å²) in [6, 6.07) is 19.8. The van der Waals surface area contributed by atoms with Crippen LogP contribution in [-0.2, 0) is 17.8 Å². The maximum absolute atomic E-state index is 12.8. The predicted molar refractivity (Wildman–Crippen MR) is 119 cm³/mol. The third kappa shape index (κ3) is 4.46. The zero-order valence-corrected chi connectivity index (χ0v) is 17.4. The molecule has 2 heterocycles. The van der Waals surface area contributed by atoms with Gasteiger partial charge in [-0.2, -0.15) is 4.37 Å². The summed E-state index contributed by atoms with van der Waals surface area (Å²) in [6.07, 6.45) is 3.15. The maximum Gasteiger partial charge on any atom is 0.273 e. The summed E-state index contributed by atoms with van der Waals surface area (Å²) >= 11 is 1.12. The summed E-state index contributed by atoms with van der Waals surface area (Å²) in [5.74, 6) is -0.202. The van der Waals surface area contributed by atoms with Crippen LogP contribution in [0, 0.1) is 0 Å². The lowest BCUT2D eigenvalue weighted by Crippen LogP contribution is -2.37. The van der Waals surface area contributed by atoms with Crippen LogP contribution in [0.15, 0.2) is 71.8 Å². The number of aromatic nitrogens is 3. The highest BCUT2D eigenvalue weighted by molar-refractivity contribution is 7.13. The average molecular weight is 419 g/mol. The van der Waals surface area contributed by atoms with Crippen molar-refractivity contribution in [1.29, 1.82) is 0 Å². The molecule has 1 atom stereocenters. The molecule has 0 aliphatic carbocycles. The van der Waals surface area contributed by atoms with Crippen LogP contribution in [0.5, 0.6) is 0 Å². The van der Waals surface area contributed by atoms with E-state index in [1.807, 2.05) is 55.5 Å². The van der Waals surface area contributed by atoms with Gasteiger partial charge in [-0.05, 0) is 36.9 Å². The van der Waals surface area contributed by atoms with Crippen molar-refractivity contribution in [3.05, 3.63) is 82.9 Å². The second-order valence-corrected chi connectivity index (χ2v) is 8.02. The number of rotatable bonds is 7. The van der Waals surface area contributed by atoms with Gasteiger partial charge >= 0.3 is 0 Å². The first kappa shape index (κ1) is 20.0. The first-order valence-corrected chi connectivity index (χ1v) is 10.6. The van der Waals surface area contributed by atoms with E-state index in [2.05, 4.69) is 26.8 Å². The van der Waals surface area contributed by atoms with Gasteiger partial charge in [-0.3, -0.25) is 14.2 Å². The van der Waals surface area contributed by atoms with E-state index in [4.69, 9.17) is 0 Å². The zero-order chi connectivity index (χ0) is 20.9. The van der Waals surface area contributed by atoms with Crippen molar-refractivity contribution in [2.24, 2.45) is 0 Å². The summed E-state index contributed by atoms with van der Waals surface area (Å²) in [7, 11) is 0. The van der Waals surface area contributed by atoms with Gasteiger partial charge in [-0.25, -0.2) is 4.98 Å². The molecule has 0 aliphatic rings. The van der Waals surface area contributed by atoms with Gasteiger partial charge in [0.15, 0.2) is 0 Å². The number of carbonyl (C=O) groups is 1. The molecule has 0 fully saturated rings. The molecule has 6 nitrogen and oxygen atoms in total. The molecular weight excluding hydrogens is 396 g/mol. The molecule has 0 saturated heterocycles. The Morgan fingerprint density at radius 2 is 1.80 bits per heavy atom. The van der Waals surface area contributed by atoms with E-state index in [1.54, 1.807) is 0 Å². The van der Waals surface area contributed by atoms with Gasteiger partial charge in [0.2, 0.25) is 5.91 Å². The van der Waals surface area contributed by atoms with Crippen molar-refractivity contribution >= 4 is 27.7 Å². The normalized spacial score (nSPS) is 12.0. The van der Waals surface area contributed by atoms with Gasteiger partial charge in [0.1, 0.15) is 22.5 Å². The highest BCUT2D eigenvalue weighted by Crippen LogP contribution is 2.26. The fourth-order valence-corrected chi connectivity index (χ4v) is 4.13. The topological polar surface area (TPSA) is 76.9 Å². The van der Waals surface area contributed by atoms with Gasteiger partial charge < -0.3 is 5.32 Å².